The van der Waals surface area contributed by atoms with Crippen molar-refractivity contribution in [1.82, 2.24) is 24.5 Å². The number of nitrogens with zero attached hydrogens (tertiary/aromatic N) is 5. The van der Waals surface area contributed by atoms with Gasteiger partial charge in [0.1, 0.15) is 5.82 Å². The average molecular weight is 259 g/mol. The van der Waals surface area contributed by atoms with Gasteiger partial charge >= 0.3 is 0 Å². The minimum atomic E-state index is 0.722. The molecule has 0 radical (unpaired) electrons. The first-order chi connectivity index (χ1) is 9.04. The number of fused-ring (bicyclic) bond motifs is 1. The van der Waals surface area contributed by atoms with E-state index >= 15 is 0 Å². The molecule has 19 heavy (non-hydrogen) atoms. The van der Waals surface area contributed by atoms with Crippen LogP contribution in [0.3, 0.4) is 0 Å². The minimum absolute atomic E-state index is 0.722. The summed E-state index contributed by atoms with van der Waals surface area (Å²) in [5.74, 6) is 2.25. The Hall–Kier alpha value is -1.49. The lowest BCUT2D eigenvalue weighted by atomic mass is 9.97. The van der Waals surface area contributed by atoms with Gasteiger partial charge in [0.15, 0.2) is 0 Å². The molecule has 0 spiro atoms. The number of hydrogen-bond acceptors (Lipinski definition) is 4. The first-order valence-electron chi connectivity index (χ1n) is 6.92. The van der Waals surface area contributed by atoms with Gasteiger partial charge in [-0.1, -0.05) is 0 Å². The lowest BCUT2D eigenvalue weighted by Gasteiger charge is -2.14. The third-order valence-electron chi connectivity index (χ3n) is 4.14. The fraction of sp³-hybridized carbons (Fsp3) is 0.643. The van der Waals surface area contributed by atoms with E-state index in [1.807, 2.05) is 11.4 Å². The summed E-state index contributed by atoms with van der Waals surface area (Å²) in [6.45, 7) is 8.53. The van der Waals surface area contributed by atoms with Crippen LogP contribution in [0.5, 0.6) is 0 Å². The van der Waals surface area contributed by atoms with Crippen LogP contribution in [0.15, 0.2) is 0 Å². The molecule has 1 atom stereocenters. The highest BCUT2D eigenvalue weighted by molar-refractivity contribution is 5.37. The highest BCUT2D eigenvalue weighted by Crippen LogP contribution is 2.23. The van der Waals surface area contributed by atoms with Crippen molar-refractivity contribution in [2.24, 2.45) is 5.92 Å². The molecular weight excluding hydrogens is 238 g/mol. The fourth-order valence-electron chi connectivity index (χ4n) is 3.09. The topological polar surface area (TPSA) is 46.3 Å². The molecule has 2 aromatic rings. The van der Waals surface area contributed by atoms with Crippen molar-refractivity contribution >= 4 is 5.78 Å². The summed E-state index contributed by atoms with van der Waals surface area (Å²) in [5.41, 5.74) is 3.64. The molecule has 0 amide bonds. The maximum absolute atomic E-state index is 4.59. The molecule has 1 fully saturated rings. The van der Waals surface area contributed by atoms with E-state index in [0.717, 1.165) is 29.6 Å². The summed E-state index contributed by atoms with van der Waals surface area (Å²) in [7, 11) is 2.20. The Bertz CT molecular complexity index is 616. The van der Waals surface area contributed by atoms with Gasteiger partial charge in [-0.25, -0.2) is 9.50 Å². The lowest BCUT2D eigenvalue weighted by Crippen LogP contribution is -2.16. The number of hydrogen-bond donors (Lipinski definition) is 0. The minimum Gasteiger partial charge on any atom is -0.306 e. The van der Waals surface area contributed by atoms with E-state index in [1.165, 1.54) is 30.8 Å². The molecule has 0 aliphatic carbocycles. The van der Waals surface area contributed by atoms with E-state index in [0.29, 0.717) is 0 Å². The van der Waals surface area contributed by atoms with Crippen molar-refractivity contribution in [2.75, 3.05) is 20.1 Å². The van der Waals surface area contributed by atoms with Crippen LogP contribution >= 0.6 is 0 Å². The summed E-state index contributed by atoms with van der Waals surface area (Å²) in [5, 5.41) is 4.44. The zero-order valence-corrected chi connectivity index (χ0v) is 12.1. The molecule has 0 unspecified atom stereocenters. The Morgan fingerprint density at radius 2 is 2.00 bits per heavy atom. The Labute approximate surface area is 113 Å². The van der Waals surface area contributed by atoms with E-state index in [-0.39, 0.29) is 0 Å². The molecule has 3 rings (SSSR count). The number of aromatic nitrogens is 4. The van der Waals surface area contributed by atoms with Gasteiger partial charge in [0.05, 0.1) is 0 Å². The second-order valence-corrected chi connectivity index (χ2v) is 5.75. The van der Waals surface area contributed by atoms with Gasteiger partial charge in [0.2, 0.25) is 0 Å². The predicted octanol–water partition coefficient (Wildman–Crippen LogP) is 1.54. The molecule has 0 N–H and O–H groups in total. The van der Waals surface area contributed by atoms with Crippen molar-refractivity contribution in [3.63, 3.8) is 0 Å². The molecule has 1 aliphatic rings. The Kier molecular flexibility index (Phi) is 3.01. The molecule has 0 bridgehead atoms. The van der Waals surface area contributed by atoms with Gasteiger partial charge < -0.3 is 4.90 Å². The number of aryl methyl sites for hydroxylation is 3. The molecule has 5 heteroatoms. The van der Waals surface area contributed by atoms with Crippen LogP contribution < -0.4 is 0 Å². The smallest absolute Gasteiger partial charge is 0.252 e. The molecule has 3 heterocycles. The number of likely N-dealkylation sites (tertiary alicyclic amines) is 1. The Balaban J connectivity index is 1.98. The van der Waals surface area contributed by atoms with Crippen LogP contribution in [0.1, 0.15) is 29.2 Å². The standard InChI is InChI=1S/C14H21N5/c1-9-13(7-12-5-6-18(4)8-12)10(2)19-14(15-9)16-11(3)17-19/h12H,5-8H2,1-4H3/t12-/m0/s1. The Morgan fingerprint density at radius 3 is 2.68 bits per heavy atom. The summed E-state index contributed by atoms with van der Waals surface area (Å²) in [4.78, 5) is 11.4. The Morgan fingerprint density at radius 1 is 1.21 bits per heavy atom. The van der Waals surface area contributed by atoms with Gasteiger partial charge in [-0.05, 0) is 58.7 Å². The van der Waals surface area contributed by atoms with Crippen LogP contribution in [0.4, 0.5) is 0 Å². The average Bonchev–Trinajstić information content (AvgIpc) is 2.90. The van der Waals surface area contributed by atoms with Crippen LogP contribution in [0.2, 0.25) is 0 Å². The zero-order chi connectivity index (χ0) is 13.6. The summed E-state index contributed by atoms with van der Waals surface area (Å²) in [6, 6.07) is 0. The van der Waals surface area contributed by atoms with E-state index in [9.17, 15) is 0 Å². The van der Waals surface area contributed by atoms with E-state index < -0.39 is 0 Å². The van der Waals surface area contributed by atoms with Crippen molar-refractivity contribution in [3.05, 3.63) is 22.8 Å². The summed E-state index contributed by atoms with van der Waals surface area (Å²) in [6.07, 6.45) is 2.38. The van der Waals surface area contributed by atoms with Gasteiger partial charge in [-0.2, -0.15) is 10.1 Å². The quantitative estimate of drug-likeness (QED) is 0.821. The first-order valence-corrected chi connectivity index (χ1v) is 6.92. The van der Waals surface area contributed by atoms with Crippen molar-refractivity contribution < 1.29 is 0 Å². The molecular formula is C14H21N5. The largest absolute Gasteiger partial charge is 0.306 e. The van der Waals surface area contributed by atoms with Gasteiger partial charge in [-0.3, -0.25) is 0 Å². The van der Waals surface area contributed by atoms with Crippen LogP contribution in [-0.2, 0) is 6.42 Å². The summed E-state index contributed by atoms with van der Waals surface area (Å²) < 4.78 is 1.89. The molecule has 1 saturated heterocycles. The van der Waals surface area contributed by atoms with Crippen LogP contribution in [-0.4, -0.2) is 44.6 Å². The maximum Gasteiger partial charge on any atom is 0.252 e. The summed E-state index contributed by atoms with van der Waals surface area (Å²) >= 11 is 0. The molecule has 5 nitrogen and oxygen atoms in total. The third kappa shape index (κ3) is 2.23. The fourth-order valence-corrected chi connectivity index (χ4v) is 3.09. The molecule has 0 aromatic carbocycles. The number of rotatable bonds is 2. The third-order valence-corrected chi connectivity index (χ3v) is 4.14. The molecule has 0 saturated carbocycles. The molecule has 102 valence electrons. The second kappa shape index (κ2) is 4.56. The van der Waals surface area contributed by atoms with Gasteiger partial charge in [0, 0.05) is 17.9 Å². The maximum atomic E-state index is 4.59. The first kappa shape index (κ1) is 12.5. The highest BCUT2D eigenvalue weighted by Gasteiger charge is 2.22. The lowest BCUT2D eigenvalue weighted by molar-refractivity contribution is 0.394. The molecule has 2 aromatic heterocycles. The normalized spacial score (nSPS) is 20.5. The van der Waals surface area contributed by atoms with Crippen LogP contribution in [0, 0.1) is 26.7 Å². The predicted molar refractivity (Wildman–Crippen MR) is 74.3 cm³/mol. The van der Waals surface area contributed by atoms with Gasteiger partial charge in [-0.15, -0.1) is 0 Å². The second-order valence-electron chi connectivity index (χ2n) is 5.75. The van der Waals surface area contributed by atoms with Crippen molar-refractivity contribution in [3.8, 4) is 0 Å². The van der Waals surface area contributed by atoms with E-state index in [4.69, 9.17) is 0 Å². The SMILES string of the molecule is Cc1nc2nc(C)c(C[C@@H]3CCN(C)C3)c(C)n2n1. The van der Waals surface area contributed by atoms with Crippen molar-refractivity contribution in [2.45, 2.75) is 33.6 Å². The zero-order valence-electron chi connectivity index (χ0n) is 12.1. The highest BCUT2D eigenvalue weighted by atomic mass is 15.3. The van der Waals surface area contributed by atoms with E-state index in [2.05, 4.69) is 40.9 Å². The van der Waals surface area contributed by atoms with Crippen molar-refractivity contribution in [1.29, 1.82) is 0 Å². The van der Waals surface area contributed by atoms with Crippen LogP contribution in [0.25, 0.3) is 5.78 Å². The van der Waals surface area contributed by atoms with Gasteiger partial charge in [0.25, 0.3) is 5.78 Å². The van der Waals surface area contributed by atoms with E-state index in [1.54, 1.807) is 0 Å². The monoisotopic (exact) mass is 259 g/mol. The molecule has 1 aliphatic heterocycles.